The third-order valence-electron chi connectivity index (χ3n) is 3.50. The first kappa shape index (κ1) is 19.2. The summed E-state index contributed by atoms with van der Waals surface area (Å²) in [7, 11) is -3.92. The van der Waals surface area contributed by atoms with Crippen LogP contribution in [-0.4, -0.2) is 19.3 Å². The smallest absolute Gasteiger partial charge is 0.263 e. The monoisotopic (exact) mass is 421 g/mol. The average molecular weight is 422 g/mol. The van der Waals surface area contributed by atoms with Crippen LogP contribution in [0.2, 0.25) is 10.0 Å². The number of sulfonamides is 1. The molecule has 0 aliphatic heterocycles. The minimum atomic E-state index is -3.92. The van der Waals surface area contributed by atoms with Crippen molar-refractivity contribution < 1.29 is 13.2 Å². The van der Waals surface area contributed by atoms with Crippen LogP contribution in [-0.2, 0) is 10.0 Å². The van der Waals surface area contributed by atoms with E-state index in [-0.39, 0.29) is 26.5 Å². The number of halogens is 2. The van der Waals surface area contributed by atoms with Crippen molar-refractivity contribution in [3.63, 3.8) is 0 Å². The Morgan fingerprint density at radius 2 is 1.70 bits per heavy atom. The van der Waals surface area contributed by atoms with Crippen molar-refractivity contribution in [3.8, 4) is 0 Å². The fourth-order valence-electron chi connectivity index (χ4n) is 2.22. The summed E-state index contributed by atoms with van der Waals surface area (Å²) in [5.41, 5.74) is 1.20. The van der Waals surface area contributed by atoms with E-state index in [2.05, 4.69) is 15.0 Å². The van der Waals surface area contributed by atoms with E-state index in [0.717, 1.165) is 0 Å². The molecule has 9 heteroatoms. The first-order valence-corrected chi connectivity index (χ1v) is 9.88. The normalized spacial score (nSPS) is 11.0. The van der Waals surface area contributed by atoms with Gasteiger partial charge in [-0.25, -0.2) is 8.42 Å². The average Bonchev–Trinajstić information content (AvgIpc) is 2.64. The molecule has 2 N–H and O–H groups in total. The summed E-state index contributed by atoms with van der Waals surface area (Å²) in [6.45, 7) is 0. The molecule has 1 aromatic heterocycles. The van der Waals surface area contributed by atoms with Crippen molar-refractivity contribution >= 4 is 50.5 Å². The molecule has 138 valence electrons. The molecule has 0 aliphatic rings. The van der Waals surface area contributed by atoms with Crippen LogP contribution in [0.3, 0.4) is 0 Å². The number of amides is 1. The molecule has 0 saturated carbocycles. The van der Waals surface area contributed by atoms with Gasteiger partial charge in [-0.05, 0) is 54.6 Å². The van der Waals surface area contributed by atoms with Crippen molar-refractivity contribution in [2.24, 2.45) is 0 Å². The third kappa shape index (κ3) is 4.77. The second kappa shape index (κ2) is 7.96. The summed E-state index contributed by atoms with van der Waals surface area (Å²) < 4.78 is 27.4. The molecule has 0 unspecified atom stereocenters. The van der Waals surface area contributed by atoms with Crippen LogP contribution in [0.15, 0.2) is 71.9 Å². The topological polar surface area (TPSA) is 88.2 Å². The fraction of sp³-hybridized carbons (Fsp3) is 0. The third-order valence-corrected chi connectivity index (χ3v) is 5.60. The second-order valence-electron chi connectivity index (χ2n) is 5.45. The number of hydrogen-bond acceptors (Lipinski definition) is 4. The van der Waals surface area contributed by atoms with Gasteiger partial charge in [-0.1, -0.05) is 23.2 Å². The second-order valence-corrected chi connectivity index (χ2v) is 7.95. The van der Waals surface area contributed by atoms with Crippen molar-refractivity contribution in [1.82, 2.24) is 4.98 Å². The van der Waals surface area contributed by atoms with E-state index in [9.17, 15) is 13.2 Å². The maximum absolute atomic E-state index is 12.5. The number of hydrogen-bond donors (Lipinski definition) is 2. The zero-order chi connectivity index (χ0) is 19.4. The number of anilines is 2. The molecule has 1 amide bonds. The molecule has 2 aromatic carbocycles. The van der Waals surface area contributed by atoms with Gasteiger partial charge in [0, 0.05) is 22.5 Å². The van der Waals surface area contributed by atoms with Crippen molar-refractivity contribution in [2.75, 3.05) is 10.0 Å². The predicted octanol–water partition coefficient (Wildman–Crippen LogP) is 4.44. The van der Waals surface area contributed by atoms with Gasteiger partial charge in [0.1, 0.15) is 4.90 Å². The van der Waals surface area contributed by atoms with E-state index < -0.39 is 10.0 Å². The van der Waals surface area contributed by atoms with Gasteiger partial charge in [-0.3, -0.25) is 14.5 Å². The molecular formula is C18H13Cl2N3O3S. The molecule has 6 nitrogen and oxygen atoms in total. The minimum absolute atomic E-state index is 0.0550. The van der Waals surface area contributed by atoms with Gasteiger partial charge in [0.05, 0.1) is 16.9 Å². The Balaban J connectivity index is 1.75. The number of benzene rings is 2. The van der Waals surface area contributed by atoms with Gasteiger partial charge in [0.2, 0.25) is 0 Å². The summed E-state index contributed by atoms with van der Waals surface area (Å²) in [6.07, 6.45) is 3.12. The lowest BCUT2D eigenvalue weighted by Gasteiger charge is -2.10. The van der Waals surface area contributed by atoms with Crippen molar-refractivity contribution in [3.05, 3.63) is 82.6 Å². The quantitative estimate of drug-likeness (QED) is 0.636. The van der Waals surface area contributed by atoms with Gasteiger partial charge in [-0.15, -0.1) is 0 Å². The summed E-state index contributed by atoms with van der Waals surface area (Å²) in [5, 5.41) is 3.00. The summed E-state index contributed by atoms with van der Waals surface area (Å²) in [6, 6.07) is 13.6. The first-order valence-electron chi connectivity index (χ1n) is 7.64. The van der Waals surface area contributed by atoms with Crippen molar-refractivity contribution in [2.45, 2.75) is 4.90 Å². The molecule has 0 saturated heterocycles. The Morgan fingerprint density at radius 3 is 2.37 bits per heavy atom. The molecular weight excluding hydrogens is 409 g/mol. The molecule has 0 bridgehead atoms. The molecule has 3 rings (SSSR count). The minimum Gasteiger partial charge on any atom is -0.321 e. The van der Waals surface area contributed by atoms with E-state index in [4.69, 9.17) is 23.2 Å². The van der Waals surface area contributed by atoms with Crippen LogP contribution in [0.4, 0.5) is 11.4 Å². The van der Waals surface area contributed by atoms with E-state index in [0.29, 0.717) is 11.3 Å². The van der Waals surface area contributed by atoms with E-state index in [1.165, 1.54) is 48.7 Å². The molecule has 0 radical (unpaired) electrons. The Morgan fingerprint density at radius 1 is 0.963 bits per heavy atom. The number of rotatable bonds is 5. The molecule has 0 fully saturated rings. The summed E-state index contributed by atoms with van der Waals surface area (Å²) in [5.74, 6) is -0.338. The Kier molecular flexibility index (Phi) is 5.65. The van der Waals surface area contributed by atoms with E-state index in [1.54, 1.807) is 18.3 Å². The molecule has 1 heterocycles. The molecule has 0 atom stereocenters. The maximum Gasteiger partial charge on any atom is 0.263 e. The molecule has 3 aromatic rings. The van der Waals surface area contributed by atoms with Gasteiger partial charge in [0.15, 0.2) is 0 Å². The summed E-state index contributed by atoms with van der Waals surface area (Å²) in [4.78, 5) is 16.0. The number of nitrogens with one attached hydrogen (secondary N) is 2. The highest BCUT2D eigenvalue weighted by molar-refractivity contribution is 7.92. The van der Waals surface area contributed by atoms with Crippen LogP contribution in [0.25, 0.3) is 0 Å². The molecule has 0 spiro atoms. The lowest BCUT2D eigenvalue weighted by atomic mass is 10.2. The Bertz CT molecular complexity index is 1070. The number of nitrogens with zero attached hydrogens (tertiary/aromatic N) is 1. The number of carbonyl (C=O) groups is 1. The highest BCUT2D eigenvalue weighted by Crippen LogP contribution is 2.27. The van der Waals surface area contributed by atoms with Gasteiger partial charge >= 0.3 is 0 Å². The number of carbonyl (C=O) groups excluding carboxylic acids is 1. The van der Waals surface area contributed by atoms with Crippen LogP contribution >= 0.6 is 23.2 Å². The highest BCUT2D eigenvalue weighted by Gasteiger charge is 2.19. The first-order chi connectivity index (χ1) is 12.8. The SMILES string of the molecule is O=C(Nc1cccnc1)c1ccc(NS(=O)(=O)c2cc(Cl)ccc2Cl)cc1. The van der Waals surface area contributed by atoms with E-state index in [1.807, 2.05) is 0 Å². The summed E-state index contributed by atoms with van der Waals surface area (Å²) >= 11 is 11.8. The van der Waals surface area contributed by atoms with Crippen LogP contribution in [0.1, 0.15) is 10.4 Å². The van der Waals surface area contributed by atoms with Gasteiger partial charge in [-0.2, -0.15) is 0 Å². The van der Waals surface area contributed by atoms with Gasteiger partial charge in [0.25, 0.3) is 15.9 Å². The molecule has 0 aliphatic carbocycles. The standard InChI is InChI=1S/C18H13Cl2N3O3S/c19-13-5-8-16(20)17(10-13)27(25,26)23-14-6-3-12(4-7-14)18(24)22-15-2-1-9-21-11-15/h1-11,23H,(H,22,24). The lowest BCUT2D eigenvalue weighted by Crippen LogP contribution is -2.14. The van der Waals surface area contributed by atoms with Crippen LogP contribution in [0.5, 0.6) is 0 Å². The zero-order valence-electron chi connectivity index (χ0n) is 13.7. The van der Waals surface area contributed by atoms with Crippen LogP contribution < -0.4 is 10.0 Å². The largest absolute Gasteiger partial charge is 0.321 e. The zero-order valence-corrected chi connectivity index (χ0v) is 16.0. The fourth-order valence-corrected chi connectivity index (χ4v) is 4.05. The number of pyridine rings is 1. The maximum atomic E-state index is 12.5. The Labute approximate surface area is 166 Å². The number of aromatic nitrogens is 1. The highest BCUT2D eigenvalue weighted by atomic mass is 35.5. The van der Waals surface area contributed by atoms with Crippen molar-refractivity contribution in [1.29, 1.82) is 0 Å². The lowest BCUT2D eigenvalue weighted by molar-refractivity contribution is 0.102. The Hall–Kier alpha value is -2.61. The van der Waals surface area contributed by atoms with Gasteiger partial charge < -0.3 is 5.32 Å². The molecule has 27 heavy (non-hydrogen) atoms. The van der Waals surface area contributed by atoms with Crippen LogP contribution in [0, 0.1) is 0 Å². The predicted molar refractivity (Wildman–Crippen MR) is 106 cm³/mol. The van der Waals surface area contributed by atoms with E-state index >= 15 is 0 Å².